The van der Waals surface area contributed by atoms with Gasteiger partial charge >= 0.3 is 0 Å². The Morgan fingerprint density at radius 1 is 0.971 bits per heavy atom. The molecule has 2 amide bonds. The molecule has 3 aromatic carbocycles. The summed E-state index contributed by atoms with van der Waals surface area (Å²) in [5, 5.41) is 8.23. The summed E-state index contributed by atoms with van der Waals surface area (Å²) in [6.07, 6.45) is 1.21. The number of nitrogens with one attached hydrogen (secondary N) is 2. The molecule has 0 aliphatic carbocycles. The van der Waals surface area contributed by atoms with Crippen molar-refractivity contribution in [1.82, 2.24) is 10.2 Å². The number of halogens is 1. The van der Waals surface area contributed by atoms with Crippen molar-refractivity contribution >= 4 is 28.3 Å². The minimum Gasteiger partial charge on any atom is -0.385 e. The average Bonchev–Trinajstić information content (AvgIpc) is 2.87. The highest BCUT2D eigenvalue weighted by Gasteiger charge is 2.35. The smallest absolute Gasteiger partial charge is 0.228 e. The number of amides is 2. The zero-order valence-corrected chi connectivity index (χ0v) is 20.0. The maximum atomic E-state index is 13.3. The maximum Gasteiger partial charge on any atom is 0.228 e. The van der Waals surface area contributed by atoms with E-state index < -0.39 is 0 Å². The fourth-order valence-corrected chi connectivity index (χ4v) is 4.64. The van der Waals surface area contributed by atoms with E-state index in [9.17, 15) is 14.0 Å². The van der Waals surface area contributed by atoms with Crippen LogP contribution in [0.5, 0.6) is 0 Å². The van der Waals surface area contributed by atoms with Crippen LogP contribution >= 0.6 is 0 Å². The largest absolute Gasteiger partial charge is 0.385 e. The number of methoxy groups -OCH3 is 1. The third kappa shape index (κ3) is 6.87. The number of rotatable bonds is 9. The lowest BCUT2D eigenvalue weighted by Crippen LogP contribution is -2.49. The second-order valence-corrected chi connectivity index (χ2v) is 9.14. The molecule has 0 unspecified atom stereocenters. The van der Waals surface area contributed by atoms with Crippen LogP contribution in [0.1, 0.15) is 18.4 Å². The quantitative estimate of drug-likeness (QED) is 0.453. The lowest BCUT2D eigenvalue weighted by atomic mass is 9.87. The fourth-order valence-electron chi connectivity index (χ4n) is 4.64. The van der Waals surface area contributed by atoms with Gasteiger partial charge in [0.25, 0.3) is 0 Å². The Hall–Kier alpha value is -3.29. The second-order valence-electron chi connectivity index (χ2n) is 9.14. The first-order valence-electron chi connectivity index (χ1n) is 12.0. The SMILES string of the molecule is COCCCNC(=O)[C@H]1C[C@@H](C(=O)Nc2ccc(F)cc2)CN(Cc2ccc3ccccc3c2)C1. The first-order valence-corrected chi connectivity index (χ1v) is 12.0. The van der Waals surface area contributed by atoms with Gasteiger partial charge in [0.05, 0.1) is 11.8 Å². The molecule has 1 heterocycles. The summed E-state index contributed by atoms with van der Waals surface area (Å²) in [5.74, 6) is -1.20. The molecule has 0 bridgehead atoms. The van der Waals surface area contributed by atoms with Gasteiger partial charge in [0, 0.05) is 45.6 Å². The van der Waals surface area contributed by atoms with Crippen LogP contribution in [-0.4, -0.2) is 50.1 Å². The Kier molecular flexibility index (Phi) is 8.45. The van der Waals surface area contributed by atoms with E-state index in [0.29, 0.717) is 44.9 Å². The van der Waals surface area contributed by atoms with Gasteiger partial charge in [-0.1, -0.05) is 36.4 Å². The predicted molar refractivity (Wildman–Crippen MR) is 135 cm³/mol. The fraction of sp³-hybridized carbons (Fsp3) is 0.357. The summed E-state index contributed by atoms with van der Waals surface area (Å²) >= 11 is 0. The van der Waals surface area contributed by atoms with Crippen molar-refractivity contribution in [2.45, 2.75) is 19.4 Å². The highest BCUT2D eigenvalue weighted by Crippen LogP contribution is 2.26. The van der Waals surface area contributed by atoms with Crippen LogP contribution in [0.3, 0.4) is 0 Å². The summed E-state index contributed by atoms with van der Waals surface area (Å²) in [6, 6.07) is 20.3. The third-order valence-electron chi connectivity index (χ3n) is 6.42. The van der Waals surface area contributed by atoms with Crippen LogP contribution < -0.4 is 10.6 Å². The minimum atomic E-state index is -0.357. The standard InChI is InChI=1S/C28H32FN3O3/c1-35-14-4-13-30-27(33)23-16-24(28(34)31-26-11-9-25(29)10-12-26)19-32(18-23)17-20-7-8-21-5-2-3-6-22(21)15-20/h2-3,5-12,15,23-24H,4,13-14,16-19H2,1H3,(H,30,33)(H,31,34)/t23-,24+/m0/s1. The number of anilines is 1. The molecule has 6 nitrogen and oxygen atoms in total. The average molecular weight is 478 g/mol. The van der Waals surface area contributed by atoms with Crippen molar-refractivity contribution in [3.05, 3.63) is 78.1 Å². The molecule has 2 atom stereocenters. The lowest BCUT2D eigenvalue weighted by molar-refractivity contribution is -0.130. The summed E-state index contributed by atoms with van der Waals surface area (Å²) < 4.78 is 18.3. The van der Waals surface area contributed by atoms with Crippen molar-refractivity contribution < 1.29 is 18.7 Å². The van der Waals surface area contributed by atoms with Crippen molar-refractivity contribution in [2.75, 3.05) is 38.7 Å². The third-order valence-corrected chi connectivity index (χ3v) is 6.42. The van der Waals surface area contributed by atoms with Crippen LogP contribution in [-0.2, 0) is 20.9 Å². The van der Waals surface area contributed by atoms with E-state index in [-0.39, 0.29) is 29.5 Å². The van der Waals surface area contributed by atoms with E-state index >= 15 is 0 Å². The molecule has 1 saturated heterocycles. The predicted octanol–water partition coefficient (Wildman–Crippen LogP) is 4.21. The van der Waals surface area contributed by atoms with Gasteiger partial charge in [-0.15, -0.1) is 0 Å². The van der Waals surface area contributed by atoms with Crippen LogP contribution in [0.25, 0.3) is 10.8 Å². The first kappa shape index (κ1) is 24.8. The van der Waals surface area contributed by atoms with Crippen molar-refractivity contribution in [3.63, 3.8) is 0 Å². The molecule has 1 aliphatic rings. The second kappa shape index (κ2) is 11.9. The lowest BCUT2D eigenvalue weighted by Gasteiger charge is -2.36. The van der Waals surface area contributed by atoms with Gasteiger partial charge < -0.3 is 15.4 Å². The zero-order chi connectivity index (χ0) is 24.6. The normalized spacial score (nSPS) is 18.3. The summed E-state index contributed by atoms with van der Waals surface area (Å²) in [6.45, 7) is 2.91. The summed E-state index contributed by atoms with van der Waals surface area (Å²) in [5.41, 5.74) is 1.69. The molecule has 184 valence electrons. The monoisotopic (exact) mass is 477 g/mol. The zero-order valence-electron chi connectivity index (χ0n) is 20.0. The molecule has 1 fully saturated rings. The molecule has 35 heavy (non-hydrogen) atoms. The highest BCUT2D eigenvalue weighted by molar-refractivity contribution is 5.93. The van der Waals surface area contributed by atoms with Crippen LogP contribution in [0.4, 0.5) is 10.1 Å². The minimum absolute atomic E-state index is 0.0381. The van der Waals surface area contributed by atoms with E-state index in [1.807, 2.05) is 12.1 Å². The number of fused-ring (bicyclic) bond motifs is 1. The molecule has 1 aliphatic heterocycles. The maximum absolute atomic E-state index is 13.3. The summed E-state index contributed by atoms with van der Waals surface area (Å²) in [7, 11) is 1.64. The van der Waals surface area contributed by atoms with Gasteiger partial charge in [0.15, 0.2) is 0 Å². The van der Waals surface area contributed by atoms with Crippen LogP contribution in [0.15, 0.2) is 66.7 Å². The number of ether oxygens (including phenoxy) is 1. The highest BCUT2D eigenvalue weighted by atomic mass is 19.1. The van der Waals surface area contributed by atoms with E-state index in [2.05, 4.69) is 45.9 Å². The molecule has 0 aromatic heterocycles. The molecule has 0 spiro atoms. The molecule has 3 aromatic rings. The molecular weight excluding hydrogens is 445 g/mol. The molecule has 4 rings (SSSR count). The van der Waals surface area contributed by atoms with Crippen LogP contribution in [0.2, 0.25) is 0 Å². The Balaban J connectivity index is 1.47. The Labute approximate surface area is 205 Å². The van der Waals surface area contributed by atoms with Crippen molar-refractivity contribution in [2.24, 2.45) is 11.8 Å². The molecule has 7 heteroatoms. The topological polar surface area (TPSA) is 70.7 Å². The van der Waals surface area contributed by atoms with Crippen molar-refractivity contribution in [1.29, 1.82) is 0 Å². The number of nitrogens with zero attached hydrogens (tertiary/aromatic N) is 1. The number of hydrogen-bond acceptors (Lipinski definition) is 4. The van der Waals surface area contributed by atoms with E-state index in [0.717, 1.165) is 12.0 Å². The van der Waals surface area contributed by atoms with E-state index in [1.54, 1.807) is 19.2 Å². The molecular formula is C28H32FN3O3. The van der Waals surface area contributed by atoms with Gasteiger partial charge in [-0.3, -0.25) is 14.5 Å². The Bertz CT molecular complexity index is 1150. The Morgan fingerprint density at radius 2 is 1.69 bits per heavy atom. The number of benzene rings is 3. The molecule has 0 saturated carbocycles. The van der Waals surface area contributed by atoms with E-state index in [4.69, 9.17) is 4.74 Å². The molecule has 2 N–H and O–H groups in total. The number of piperidine rings is 1. The van der Waals surface area contributed by atoms with Gasteiger partial charge in [-0.2, -0.15) is 0 Å². The van der Waals surface area contributed by atoms with E-state index in [1.165, 1.54) is 22.9 Å². The van der Waals surface area contributed by atoms with Gasteiger partial charge in [-0.05, 0) is 59.5 Å². The van der Waals surface area contributed by atoms with Gasteiger partial charge in [0.1, 0.15) is 5.82 Å². The number of likely N-dealkylation sites (tertiary alicyclic amines) is 1. The molecule has 0 radical (unpaired) electrons. The van der Waals surface area contributed by atoms with Crippen LogP contribution in [0, 0.1) is 17.7 Å². The number of hydrogen-bond donors (Lipinski definition) is 2. The Morgan fingerprint density at radius 3 is 2.43 bits per heavy atom. The first-order chi connectivity index (χ1) is 17.0. The van der Waals surface area contributed by atoms with Gasteiger partial charge in [0.2, 0.25) is 11.8 Å². The number of carbonyl (C=O) groups excluding carboxylic acids is 2. The van der Waals surface area contributed by atoms with Gasteiger partial charge in [-0.25, -0.2) is 4.39 Å². The summed E-state index contributed by atoms with van der Waals surface area (Å²) in [4.78, 5) is 28.2. The van der Waals surface area contributed by atoms with Crippen molar-refractivity contribution in [3.8, 4) is 0 Å². The number of carbonyl (C=O) groups is 2.